The molecule has 0 unspecified atom stereocenters. The molecule has 2 aromatic carbocycles. The molecule has 4 heteroatoms. The molecule has 0 bridgehead atoms. The second kappa shape index (κ2) is 6.10. The molecule has 4 nitrogen and oxygen atoms in total. The van der Waals surface area contributed by atoms with Crippen molar-refractivity contribution in [3.05, 3.63) is 42.5 Å². The van der Waals surface area contributed by atoms with Crippen LogP contribution in [0.1, 0.15) is 13.8 Å². The first kappa shape index (κ1) is 14.4. The van der Waals surface area contributed by atoms with Crippen LogP contribution in [-0.2, 0) is 4.79 Å². The van der Waals surface area contributed by atoms with Crippen LogP contribution in [0, 0.1) is 5.92 Å². The summed E-state index contributed by atoms with van der Waals surface area (Å²) in [5.41, 5.74) is 1.86. The number of fused-ring (bicyclic) bond motifs is 1. The molecule has 0 N–H and O–H groups in total. The Morgan fingerprint density at radius 2 is 1.86 bits per heavy atom. The van der Waals surface area contributed by atoms with Gasteiger partial charge in [-0.25, -0.2) is 0 Å². The van der Waals surface area contributed by atoms with E-state index in [0.29, 0.717) is 19.0 Å². The Bertz CT molecular complexity index is 691. The summed E-state index contributed by atoms with van der Waals surface area (Å²) in [4.78, 5) is 11.7. The topological polar surface area (TPSA) is 44.8 Å². The van der Waals surface area contributed by atoms with E-state index in [1.165, 1.54) is 0 Å². The van der Waals surface area contributed by atoms with Gasteiger partial charge in [0.2, 0.25) is 0 Å². The number of ether oxygens (including phenoxy) is 3. The molecule has 0 spiro atoms. The third kappa shape index (κ3) is 2.91. The fourth-order valence-electron chi connectivity index (χ4n) is 2.26. The first-order chi connectivity index (χ1) is 10.6. The maximum Gasteiger partial charge on any atom is 0.313 e. The summed E-state index contributed by atoms with van der Waals surface area (Å²) in [6.07, 6.45) is 0. The third-order valence-corrected chi connectivity index (χ3v) is 3.40. The normalized spacial score (nSPS) is 13.0. The maximum atomic E-state index is 11.7. The molecule has 22 heavy (non-hydrogen) atoms. The van der Waals surface area contributed by atoms with Gasteiger partial charge >= 0.3 is 5.97 Å². The van der Waals surface area contributed by atoms with E-state index in [1.54, 1.807) is 6.07 Å². The molecule has 0 radical (unpaired) electrons. The van der Waals surface area contributed by atoms with Crippen LogP contribution in [0.2, 0.25) is 0 Å². The van der Waals surface area contributed by atoms with E-state index in [-0.39, 0.29) is 11.9 Å². The van der Waals surface area contributed by atoms with Crippen LogP contribution in [0.3, 0.4) is 0 Å². The van der Waals surface area contributed by atoms with Crippen molar-refractivity contribution in [2.24, 2.45) is 5.92 Å². The molecule has 1 aliphatic rings. The van der Waals surface area contributed by atoms with Crippen molar-refractivity contribution in [2.45, 2.75) is 13.8 Å². The number of hydrogen-bond donors (Lipinski definition) is 0. The van der Waals surface area contributed by atoms with Gasteiger partial charge < -0.3 is 14.2 Å². The maximum absolute atomic E-state index is 11.7. The van der Waals surface area contributed by atoms with E-state index < -0.39 is 0 Å². The molecule has 1 heterocycles. The number of esters is 1. The Hall–Kier alpha value is -2.49. The third-order valence-electron chi connectivity index (χ3n) is 3.40. The molecule has 0 saturated carbocycles. The van der Waals surface area contributed by atoms with E-state index in [9.17, 15) is 4.79 Å². The van der Waals surface area contributed by atoms with Crippen molar-refractivity contribution in [3.8, 4) is 28.4 Å². The van der Waals surface area contributed by atoms with Crippen molar-refractivity contribution in [3.63, 3.8) is 0 Å². The van der Waals surface area contributed by atoms with Crippen LogP contribution in [0.4, 0.5) is 0 Å². The standard InChI is InChI=1S/C18H18O4/c1-12(2)18(19)22-14-6-3-5-13(11-14)15-7-4-8-16-17(15)21-10-9-20-16/h3-8,11-12H,9-10H2,1-2H3. The van der Waals surface area contributed by atoms with Crippen LogP contribution in [0.25, 0.3) is 11.1 Å². The highest BCUT2D eigenvalue weighted by atomic mass is 16.6. The number of para-hydroxylation sites is 1. The Kier molecular flexibility index (Phi) is 4.00. The predicted octanol–water partition coefficient (Wildman–Crippen LogP) is 3.69. The lowest BCUT2D eigenvalue weighted by Crippen LogP contribution is -2.16. The highest BCUT2D eigenvalue weighted by molar-refractivity contribution is 5.77. The lowest BCUT2D eigenvalue weighted by atomic mass is 10.0. The number of carbonyl (C=O) groups excluding carboxylic acids is 1. The van der Waals surface area contributed by atoms with Gasteiger partial charge in [0.05, 0.1) is 5.92 Å². The molecular formula is C18H18O4. The highest BCUT2D eigenvalue weighted by Gasteiger charge is 2.17. The van der Waals surface area contributed by atoms with Crippen molar-refractivity contribution in [1.82, 2.24) is 0 Å². The van der Waals surface area contributed by atoms with Crippen molar-refractivity contribution >= 4 is 5.97 Å². The molecule has 0 fully saturated rings. The molecule has 3 rings (SSSR count). The summed E-state index contributed by atoms with van der Waals surface area (Å²) >= 11 is 0. The molecule has 0 atom stereocenters. The predicted molar refractivity (Wildman–Crippen MR) is 83.3 cm³/mol. The fraction of sp³-hybridized carbons (Fsp3) is 0.278. The number of rotatable bonds is 3. The molecular weight excluding hydrogens is 280 g/mol. The summed E-state index contributed by atoms with van der Waals surface area (Å²) in [6.45, 7) is 4.71. The van der Waals surface area contributed by atoms with Gasteiger partial charge in [0, 0.05) is 5.56 Å². The van der Waals surface area contributed by atoms with Gasteiger partial charge in [-0.3, -0.25) is 4.79 Å². The lowest BCUT2D eigenvalue weighted by molar-refractivity contribution is -0.137. The Morgan fingerprint density at radius 3 is 2.68 bits per heavy atom. The summed E-state index contributed by atoms with van der Waals surface area (Å²) in [6, 6.07) is 13.2. The second-order valence-corrected chi connectivity index (χ2v) is 5.43. The summed E-state index contributed by atoms with van der Waals surface area (Å²) < 4.78 is 16.7. The minimum Gasteiger partial charge on any atom is -0.486 e. The largest absolute Gasteiger partial charge is 0.486 e. The van der Waals surface area contributed by atoms with Crippen molar-refractivity contribution in [1.29, 1.82) is 0 Å². The van der Waals surface area contributed by atoms with Gasteiger partial charge in [0.1, 0.15) is 19.0 Å². The van der Waals surface area contributed by atoms with Crippen LogP contribution < -0.4 is 14.2 Å². The van der Waals surface area contributed by atoms with Crippen LogP contribution in [0.5, 0.6) is 17.2 Å². The summed E-state index contributed by atoms with van der Waals surface area (Å²) in [7, 11) is 0. The average molecular weight is 298 g/mol. The van der Waals surface area contributed by atoms with Gasteiger partial charge in [-0.15, -0.1) is 0 Å². The van der Waals surface area contributed by atoms with Crippen molar-refractivity contribution < 1.29 is 19.0 Å². The SMILES string of the molecule is CC(C)C(=O)Oc1cccc(-c2cccc3c2OCCO3)c1. The molecule has 0 aliphatic carbocycles. The minimum atomic E-state index is -0.244. The first-order valence-electron chi connectivity index (χ1n) is 7.36. The highest BCUT2D eigenvalue weighted by Crippen LogP contribution is 2.40. The monoisotopic (exact) mass is 298 g/mol. The Labute approximate surface area is 129 Å². The molecule has 1 aliphatic heterocycles. The molecule has 2 aromatic rings. The fourth-order valence-corrected chi connectivity index (χ4v) is 2.26. The van der Waals surface area contributed by atoms with E-state index in [2.05, 4.69) is 0 Å². The molecule has 0 amide bonds. The molecule has 0 saturated heterocycles. The van der Waals surface area contributed by atoms with Gasteiger partial charge in [0.25, 0.3) is 0 Å². The minimum absolute atomic E-state index is 0.162. The number of benzene rings is 2. The van der Waals surface area contributed by atoms with Gasteiger partial charge in [-0.2, -0.15) is 0 Å². The van der Waals surface area contributed by atoms with Crippen LogP contribution in [0.15, 0.2) is 42.5 Å². The zero-order chi connectivity index (χ0) is 15.5. The van der Waals surface area contributed by atoms with E-state index >= 15 is 0 Å². The van der Waals surface area contributed by atoms with Crippen molar-refractivity contribution in [2.75, 3.05) is 13.2 Å². The molecule has 114 valence electrons. The van der Waals surface area contributed by atoms with E-state index in [1.807, 2.05) is 50.2 Å². The second-order valence-electron chi connectivity index (χ2n) is 5.43. The Morgan fingerprint density at radius 1 is 1.09 bits per heavy atom. The zero-order valence-corrected chi connectivity index (χ0v) is 12.7. The van der Waals surface area contributed by atoms with E-state index in [0.717, 1.165) is 22.6 Å². The van der Waals surface area contributed by atoms with Gasteiger partial charge in [-0.1, -0.05) is 38.1 Å². The first-order valence-corrected chi connectivity index (χ1v) is 7.36. The zero-order valence-electron chi connectivity index (χ0n) is 12.7. The van der Waals surface area contributed by atoms with E-state index in [4.69, 9.17) is 14.2 Å². The van der Waals surface area contributed by atoms with Crippen LogP contribution >= 0.6 is 0 Å². The van der Waals surface area contributed by atoms with Gasteiger partial charge in [-0.05, 0) is 23.8 Å². The van der Waals surface area contributed by atoms with Crippen LogP contribution in [-0.4, -0.2) is 19.2 Å². The Balaban J connectivity index is 1.94. The smallest absolute Gasteiger partial charge is 0.313 e. The lowest BCUT2D eigenvalue weighted by Gasteiger charge is -2.21. The summed E-state index contributed by atoms with van der Waals surface area (Å²) in [5.74, 6) is 1.61. The number of hydrogen-bond acceptors (Lipinski definition) is 4. The molecule has 0 aromatic heterocycles. The van der Waals surface area contributed by atoms with Gasteiger partial charge in [0.15, 0.2) is 11.5 Å². The average Bonchev–Trinajstić information content (AvgIpc) is 2.54. The quantitative estimate of drug-likeness (QED) is 0.640. The number of carbonyl (C=O) groups is 1. The summed E-state index contributed by atoms with van der Waals surface area (Å²) in [5, 5.41) is 0.